The van der Waals surface area contributed by atoms with Crippen molar-refractivity contribution in [2.24, 2.45) is 5.73 Å². The maximum absolute atomic E-state index is 9.75. The highest BCUT2D eigenvalue weighted by molar-refractivity contribution is 5.47. The molecule has 0 spiro atoms. The zero-order valence-electron chi connectivity index (χ0n) is 7.98. The van der Waals surface area contributed by atoms with Crippen LogP contribution in [-0.2, 0) is 0 Å². The van der Waals surface area contributed by atoms with Gasteiger partial charge in [-0.2, -0.15) is 5.10 Å². The minimum Gasteiger partial charge on any atom is -0.389 e. The van der Waals surface area contributed by atoms with E-state index in [2.05, 4.69) is 10.1 Å². The molecule has 2 aromatic rings. The topological polar surface area (TPSA) is 96.7 Å². The second-order valence-corrected chi connectivity index (χ2v) is 3.24. The molecule has 2 aromatic heterocycles. The lowest BCUT2D eigenvalue weighted by Crippen LogP contribution is -2.27. The van der Waals surface area contributed by atoms with E-state index >= 15 is 0 Å². The molecule has 80 valence electrons. The van der Waals surface area contributed by atoms with Gasteiger partial charge in [0.25, 0.3) is 0 Å². The first-order valence-corrected chi connectivity index (χ1v) is 4.58. The average Bonchev–Trinajstić information content (AvgIpc) is 2.70. The molecule has 0 radical (unpaired) electrons. The van der Waals surface area contributed by atoms with Crippen LogP contribution >= 0.6 is 0 Å². The molecule has 2 heterocycles. The van der Waals surface area contributed by atoms with Gasteiger partial charge in [-0.3, -0.25) is 0 Å². The van der Waals surface area contributed by atoms with Crippen molar-refractivity contribution < 1.29 is 10.2 Å². The van der Waals surface area contributed by atoms with Crippen LogP contribution in [0, 0.1) is 0 Å². The SMILES string of the molecule is NCC(O)C(O)c1cnn2cccnc12. The van der Waals surface area contributed by atoms with Crippen LogP contribution in [0.15, 0.2) is 24.7 Å². The van der Waals surface area contributed by atoms with Gasteiger partial charge in [0.2, 0.25) is 0 Å². The van der Waals surface area contributed by atoms with Gasteiger partial charge in [0.1, 0.15) is 6.10 Å². The van der Waals surface area contributed by atoms with E-state index in [1.165, 1.54) is 10.7 Å². The minimum atomic E-state index is -1.05. The van der Waals surface area contributed by atoms with Crippen molar-refractivity contribution in [3.8, 4) is 0 Å². The smallest absolute Gasteiger partial charge is 0.160 e. The highest BCUT2D eigenvalue weighted by Crippen LogP contribution is 2.19. The Morgan fingerprint density at radius 1 is 1.47 bits per heavy atom. The summed E-state index contributed by atoms with van der Waals surface area (Å²) in [7, 11) is 0. The first-order valence-electron chi connectivity index (χ1n) is 4.58. The third-order valence-electron chi connectivity index (χ3n) is 2.23. The van der Waals surface area contributed by atoms with Gasteiger partial charge in [0, 0.05) is 24.5 Å². The van der Waals surface area contributed by atoms with Crippen LogP contribution in [0.4, 0.5) is 0 Å². The molecule has 6 heteroatoms. The maximum atomic E-state index is 9.75. The van der Waals surface area contributed by atoms with E-state index < -0.39 is 12.2 Å². The van der Waals surface area contributed by atoms with Gasteiger partial charge in [0.15, 0.2) is 5.65 Å². The molecule has 2 atom stereocenters. The quantitative estimate of drug-likeness (QED) is 0.606. The molecule has 4 N–H and O–H groups in total. The Balaban J connectivity index is 2.43. The van der Waals surface area contributed by atoms with Crippen molar-refractivity contribution in [2.45, 2.75) is 12.2 Å². The molecule has 0 bridgehead atoms. The van der Waals surface area contributed by atoms with E-state index in [-0.39, 0.29) is 6.54 Å². The van der Waals surface area contributed by atoms with Gasteiger partial charge in [-0.05, 0) is 6.07 Å². The summed E-state index contributed by atoms with van der Waals surface area (Å²) in [6, 6.07) is 1.73. The summed E-state index contributed by atoms with van der Waals surface area (Å²) in [6.45, 7) is -0.00859. The fraction of sp³-hybridized carbons (Fsp3) is 0.333. The summed E-state index contributed by atoms with van der Waals surface area (Å²) in [4.78, 5) is 4.07. The van der Waals surface area contributed by atoms with E-state index in [0.29, 0.717) is 11.2 Å². The molecule has 0 aliphatic rings. The Labute approximate surface area is 86.0 Å². The molecule has 0 aliphatic heterocycles. The zero-order valence-corrected chi connectivity index (χ0v) is 7.98. The lowest BCUT2D eigenvalue weighted by atomic mass is 10.1. The van der Waals surface area contributed by atoms with Crippen LogP contribution in [0.5, 0.6) is 0 Å². The normalized spacial score (nSPS) is 15.4. The Kier molecular flexibility index (Phi) is 2.63. The Morgan fingerprint density at radius 3 is 3.00 bits per heavy atom. The first-order chi connectivity index (χ1) is 7.24. The summed E-state index contributed by atoms with van der Waals surface area (Å²) in [5.41, 5.74) is 6.27. The second-order valence-electron chi connectivity index (χ2n) is 3.24. The molecule has 0 aromatic carbocycles. The van der Waals surface area contributed by atoms with E-state index in [4.69, 9.17) is 5.73 Å². The number of nitrogens with zero attached hydrogens (tertiary/aromatic N) is 3. The number of hydrogen-bond donors (Lipinski definition) is 3. The fourth-order valence-electron chi connectivity index (χ4n) is 1.39. The van der Waals surface area contributed by atoms with Gasteiger partial charge < -0.3 is 15.9 Å². The maximum Gasteiger partial charge on any atom is 0.160 e. The van der Waals surface area contributed by atoms with Crippen molar-refractivity contribution >= 4 is 5.65 Å². The lowest BCUT2D eigenvalue weighted by Gasteiger charge is -2.14. The van der Waals surface area contributed by atoms with Gasteiger partial charge in [-0.1, -0.05) is 0 Å². The molecular formula is C9H12N4O2. The van der Waals surface area contributed by atoms with Crippen molar-refractivity contribution in [1.82, 2.24) is 14.6 Å². The average molecular weight is 208 g/mol. The Bertz CT molecular complexity index is 456. The number of aromatic nitrogens is 3. The largest absolute Gasteiger partial charge is 0.389 e. The zero-order chi connectivity index (χ0) is 10.8. The van der Waals surface area contributed by atoms with Crippen LogP contribution in [0.25, 0.3) is 5.65 Å². The third kappa shape index (κ3) is 1.70. The highest BCUT2D eigenvalue weighted by atomic mass is 16.3. The third-order valence-corrected chi connectivity index (χ3v) is 2.23. The van der Waals surface area contributed by atoms with E-state index in [1.807, 2.05) is 0 Å². The summed E-state index contributed by atoms with van der Waals surface area (Å²) >= 11 is 0. The fourth-order valence-corrected chi connectivity index (χ4v) is 1.39. The molecule has 2 unspecified atom stereocenters. The molecule has 0 aliphatic carbocycles. The van der Waals surface area contributed by atoms with E-state index in [0.717, 1.165) is 0 Å². The van der Waals surface area contributed by atoms with E-state index in [1.54, 1.807) is 18.5 Å². The number of fused-ring (bicyclic) bond motifs is 1. The molecule has 15 heavy (non-hydrogen) atoms. The number of rotatable bonds is 3. The monoisotopic (exact) mass is 208 g/mol. The molecule has 0 amide bonds. The van der Waals surface area contributed by atoms with Crippen molar-refractivity contribution in [1.29, 1.82) is 0 Å². The predicted octanol–water partition coefficient (Wildman–Crippen LogP) is -0.918. The molecule has 0 fully saturated rings. The van der Waals surface area contributed by atoms with Crippen molar-refractivity contribution in [3.63, 3.8) is 0 Å². The first kappa shape index (κ1) is 10.0. The van der Waals surface area contributed by atoms with Gasteiger partial charge in [-0.15, -0.1) is 0 Å². The standard InChI is InChI=1S/C9H12N4O2/c10-4-7(14)8(15)6-5-12-13-3-1-2-11-9(6)13/h1-3,5,7-8,14-15H,4,10H2. The van der Waals surface area contributed by atoms with Gasteiger partial charge in [0.05, 0.1) is 12.3 Å². The molecule has 0 saturated carbocycles. The summed E-state index contributed by atoms with van der Waals surface area (Å²) in [5.74, 6) is 0. The molecular weight excluding hydrogens is 196 g/mol. The molecule has 6 nitrogen and oxygen atoms in total. The number of nitrogens with two attached hydrogens (primary N) is 1. The summed E-state index contributed by atoms with van der Waals surface area (Å²) in [5, 5.41) is 23.2. The van der Waals surface area contributed by atoms with Crippen LogP contribution in [-0.4, -0.2) is 37.5 Å². The Hall–Kier alpha value is -1.50. The molecule has 0 saturated heterocycles. The number of aliphatic hydroxyl groups excluding tert-OH is 2. The van der Waals surface area contributed by atoms with Crippen LogP contribution < -0.4 is 5.73 Å². The Morgan fingerprint density at radius 2 is 2.27 bits per heavy atom. The van der Waals surface area contributed by atoms with Crippen molar-refractivity contribution in [3.05, 3.63) is 30.2 Å². The van der Waals surface area contributed by atoms with Crippen LogP contribution in [0.3, 0.4) is 0 Å². The van der Waals surface area contributed by atoms with Crippen molar-refractivity contribution in [2.75, 3.05) is 6.54 Å². The number of aliphatic hydroxyl groups is 2. The lowest BCUT2D eigenvalue weighted by molar-refractivity contribution is 0.0251. The van der Waals surface area contributed by atoms with Gasteiger partial charge >= 0.3 is 0 Å². The minimum absolute atomic E-state index is 0.00859. The van der Waals surface area contributed by atoms with Gasteiger partial charge in [-0.25, -0.2) is 9.50 Å². The second kappa shape index (κ2) is 3.93. The molecule has 2 rings (SSSR count). The summed E-state index contributed by atoms with van der Waals surface area (Å²) < 4.78 is 1.53. The summed E-state index contributed by atoms with van der Waals surface area (Å²) in [6.07, 6.45) is 2.74. The predicted molar refractivity (Wildman–Crippen MR) is 53.0 cm³/mol. The van der Waals surface area contributed by atoms with E-state index in [9.17, 15) is 10.2 Å². The van der Waals surface area contributed by atoms with Crippen LogP contribution in [0.1, 0.15) is 11.7 Å². The number of hydrogen-bond acceptors (Lipinski definition) is 5. The highest BCUT2D eigenvalue weighted by Gasteiger charge is 2.21. The van der Waals surface area contributed by atoms with Crippen LogP contribution in [0.2, 0.25) is 0 Å².